The van der Waals surface area contributed by atoms with Gasteiger partial charge in [0, 0.05) is 18.7 Å². The number of anilines is 1. The first-order valence-electron chi connectivity index (χ1n) is 7.06. The van der Waals surface area contributed by atoms with Crippen molar-refractivity contribution < 1.29 is 4.79 Å². The maximum Gasteiger partial charge on any atom is 0.146 e. The van der Waals surface area contributed by atoms with Gasteiger partial charge in [-0.1, -0.05) is 47.5 Å². The summed E-state index contributed by atoms with van der Waals surface area (Å²) < 4.78 is 0. The largest absolute Gasteiger partial charge is 0.384 e. The number of benzene rings is 2. The number of rotatable bonds is 3. The van der Waals surface area contributed by atoms with E-state index < -0.39 is 0 Å². The number of aryl methyl sites for hydroxylation is 2. The number of para-hydroxylation sites is 1. The van der Waals surface area contributed by atoms with E-state index in [0.29, 0.717) is 12.2 Å². The maximum atomic E-state index is 12.6. The van der Waals surface area contributed by atoms with Crippen LogP contribution in [0, 0.1) is 13.8 Å². The van der Waals surface area contributed by atoms with Crippen LogP contribution in [0.2, 0.25) is 0 Å². The van der Waals surface area contributed by atoms with Crippen molar-refractivity contribution in [3.63, 3.8) is 0 Å². The van der Waals surface area contributed by atoms with Crippen molar-refractivity contribution >= 4 is 11.5 Å². The number of nitrogens with one attached hydrogen (secondary N) is 1. The standard InChI is InChI=1S/C18H19NO/c1-12-7-13(2)9-14(8-12)10-18(20)16-11-19-17-6-4-3-5-15(16)17/h3-9,16,19H,10-11H2,1-2H3. The van der Waals surface area contributed by atoms with E-state index in [1.807, 2.05) is 18.2 Å². The Bertz CT molecular complexity index is 640. The molecule has 3 rings (SSSR count). The molecule has 0 bridgehead atoms. The minimum Gasteiger partial charge on any atom is -0.384 e. The van der Waals surface area contributed by atoms with Crippen LogP contribution >= 0.6 is 0 Å². The minimum absolute atomic E-state index is 0.00739. The first-order valence-corrected chi connectivity index (χ1v) is 7.06. The number of Topliss-reactive ketones (excluding diaryl/α,β-unsaturated/α-hetero) is 1. The molecule has 102 valence electrons. The third-order valence-electron chi connectivity index (χ3n) is 3.88. The number of fused-ring (bicyclic) bond motifs is 1. The summed E-state index contributed by atoms with van der Waals surface area (Å²) in [4.78, 5) is 12.6. The molecule has 1 N–H and O–H groups in total. The second kappa shape index (κ2) is 5.12. The van der Waals surface area contributed by atoms with Crippen molar-refractivity contribution in [2.24, 2.45) is 0 Å². The molecular weight excluding hydrogens is 246 g/mol. The number of ketones is 1. The lowest BCUT2D eigenvalue weighted by Crippen LogP contribution is -2.17. The smallest absolute Gasteiger partial charge is 0.146 e. The zero-order valence-electron chi connectivity index (χ0n) is 11.9. The summed E-state index contributed by atoms with van der Waals surface area (Å²) in [5.74, 6) is 0.291. The summed E-state index contributed by atoms with van der Waals surface area (Å²) in [6.07, 6.45) is 0.517. The Morgan fingerprint density at radius 2 is 1.85 bits per heavy atom. The van der Waals surface area contributed by atoms with E-state index in [0.717, 1.165) is 23.4 Å². The zero-order chi connectivity index (χ0) is 14.1. The fourth-order valence-electron chi connectivity index (χ4n) is 3.07. The highest BCUT2D eigenvalue weighted by molar-refractivity contribution is 5.91. The Morgan fingerprint density at radius 1 is 1.15 bits per heavy atom. The lowest BCUT2D eigenvalue weighted by molar-refractivity contribution is -0.119. The van der Waals surface area contributed by atoms with Gasteiger partial charge < -0.3 is 5.32 Å². The van der Waals surface area contributed by atoms with E-state index in [1.54, 1.807) is 0 Å². The van der Waals surface area contributed by atoms with Gasteiger partial charge in [0.15, 0.2) is 0 Å². The molecule has 0 aliphatic carbocycles. The van der Waals surface area contributed by atoms with Gasteiger partial charge in [-0.05, 0) is 31.0 Å². The number of hydrogen-bond acceptors (Lipinski definition) is 2. The first-order chi connectivity index (χ1) is 9.63. The second-order valence-electron chi connectivity index (χ2n) is 5.66. The molecule has 1 aliphatic rings. The lowest BCUT2D eigenvalue weighted by atomic mass is 9.92. The van der Waals surface area contributed by atoms with Gasteiger partial charge in [0.25, 0.3) is 0 Å². The van der Waals surface area contributed by atoms with Crippen molar-refractivity contribution in [1.29, 1.82) is 0 Å². The average Bonchev–Trinajstić information content (AvgIpc) is 2.81. The van der Waals surface area contributed by atoms with Gasteiger partial charge in [-0.25, -0.2) is 0 Å². The molecule has 1 heterocycles. The van der Waals surface area contributed by atoms with Crippen LogP contribution in [0.1, 0.15) is 28.2 Å². The molecule has 1 aliphatic heterocycles. The Balaban J connectivity index is 1.81. The number of hydrogen-bond donors (Lipinski definition) is 1. The number of carbonyl (C=O) groups is 1. The SMILES string of the molecule is Cc1cc(C)cc(CC(=O)C2CNc3ccccc32)c1. The van der Waals surface area contributed by atoms with E-state index in [9.17, 15) is 4.79 Å². The van der Waals surface area contributed by atoms with E-state index in [2.05, 4.69) is 43.4 Å². The molecule has 0 saturated carbocycles. The molecule has 2 aromatic rings. The Morgan fingerprint density at radius 3 is 2.60 bits per heavy atom. The molecule has 2 heteroatoms. The van der Waals surface area contributed by atoms with Crippen LogP contribution in [0.3, 0.4) is 0 Å². The van der Waals surface area contributed by atoms with E-state index in [4.69, 9.17) is 0 Å². The topological polar surface area (TPSA) is 29.1 Å². The third kappa shape index (κ3) is 2.46. The molecule has 0 fully saturated rings. The van der Waals surface area contributed by atoms with Crippen molar-refractivity contribution in [2.45, 2.75) is 26.2 Å². The fourth-order valence-corrected chi connectivity index (χ4v) is 3.07. The molecule has 2 aromatic carbocycles. The molecular formula is C18H19NO. The van der Waals surface area contributed by atoms with Crippen molar-refractivity contribution in [2.75, 3.05) is 11.9 Å². The summed E-state index contributed by atoms with van der Waals surface area (Å²) in [5, 5.41) is 3.32. The van der Waals surface area contributed by atoms with Gasteiger partial charge in [-0.2, -0.15) is 0 Å². The minimum atomic E-state index is -0.00739. The van der Waals surface area contributed by atoms with Gasteiger partial charge >= 0.3 is 0 Å². The Labute approximate surface area is 119 Å². The van der Waals surface area contributed by atoms with E-state index in [-0.39, 0.29) is 5.92 Å². The van der Waals surface area contributed by atoms with Gasteiger partial charge in [-0.15, -0.1) is 0 Å². The summed E-state index contributed by atoms with van der Waals surface area (Å²) in [6, 6.07) is 14.5. The number of carbonyl (C=O) groups excluding carboxylic acids is 1. The summed E-state index contributed by atoms with van der Waals surface area (Å²) in [5.41, 5.74) is 5.81. The quantitative estimate of drug-likeness (QED) is 0.918. The van der Waals surface area contributed by atoms with E-state index >= 15 is 0 Å². The van der Waals surface area contributed by atoms with Crippen LogP contribution in [0.4, 0.5) is 5.69 Å². The molecule has 1 atom stereocenters. The van der Waals surface area contributed by atoms with Crippen LogP contribution in [0.25, 0.3) is 0 Å². The summed E-state index contributed by atoms with van der Waals surface area (Å²) in [6.45, 7) is 4.88. The van der Waals surface area contributed by atoms with E-state index in [1.165, 1.54) is 11.1 Å². The molecule has 0 spiro atoms. The van der Waals surface area contributed by atoms with Crippen LogP contribution in [-0.2, 0) is 11.2 Å². The molecule has 20 heavy (non-hydrogen) atoms. The molecule has 0 saturated heterocycles. The highest BCUT2D eigenvalue weighted by Gasteiger charge is 2.27. The van der Waals surface area contributed by atoms with Crippen LogP contribution < -0.4 is 5.32 Å². The fraction of sp³-hybridized carbons (Fsp3) is 0.278. The normalized spacial score (nSPS) is 16.6. The molecule has 0 aromatic heterocycles. The van der Waals surface area contributed by atoms with Crippen molar-refractivity contribution in [3.8, 4) is 0 Å². The monoisotopic (exact) mass is 265 g/mol. The Kier molecular flexibility index (Phi) is 3.31. The second-order valence-corrected chi connectivity index (χ2v) is 5.66. The van der Waals surface area contributed by atoms with Gasteiger partial charge in [0.1, 0.15) is 5.78 Å². The first kappa shape index (κ1) is 12.9. The Hall–Kier alpha value is -2.09. The molecule has 1 unspecified atom stereocenters. The summed E-state index contributed by atoms with van der Waals surface area (Å²) in [7, 11) is 0. The maximum absolute atomic E-state index is 12.6. The zero-order valence-corrected chi connectivity index (χ0v) is 11.9. The lowest BCUT2D eigenvalue weighted by Gasteiger charge is -2.10. The molecule has 0 amide bonds. The van der Waals surface area contributed by atoms with Crippen LogP contribution in [0.5, 0.6) is 0 Å². The molecule has 0 radical (unpaired) electrons. The van der Waals surface area contributed by atoms with Gasteiger partial charge in [-0.3, -0.25) is 4.79 Å². The predicted octanol–water partition coefficient (Wildman–Crippen LogP) is 3.62. The highest BCUT2D eigenvalue weighted by Crippen LogP contribution is 2.32. The van der Waals surface area contributed by atoms with Crippen molar-refractivity contribution in [3.05, 3.63) is 64.7 Å². The third-order valence-corrected chi connectivity index (χ3v) is 3.88. The van der Waals surface area contributed by atoms with Crippen molar-refractivity contribution in [1.82, 2.24) is 0 Å². The summed E-state index contributed by atoms with van der Waals surface area (Å²) >= 11 is 0. The van der Waals surface area contributed by atoms with Crippen LogP contribution in [0.15, 0.2) is 42.5 Å². The van der Waals surface area contributed by atoms with Gasteiger partial charge in [0.05, 0.1) is 5.92 Å². The molecule has 2 nitrogen and oxygen atoms in total. The van der Waals surface area contributed by atoms with Gasteiger partial charge in [0.2, 0.25) is 0 Å². The van der Waals surface area contributed by atoms with Crippen LogP contribution in [-0.4, -0.2) is 12.3 Å². The average molecular weight is 265 g/mol. The highest BCUT2D eigenvalue weighted by atomic mass is 16.1. The predicted molar refractivity (Wildman–Crippen MR) is 82.3 cm³/mol.